The van der Waals surface area contributed by atoms with E-state index < -0.39 is 0 Å². The van der Waals surface area contributed by atoms with Crippen molar-refractivity contribution in [3.8, 4) is 0 Å². The van der Waals surface area contributed by atoms with Crippen LogP contribution < -0.4 is 0 Å². The van der Waals surface area contributed by atoms with Gasteiger partial charge in [-0.2, -0.15) is 0 Å². The molecule has 32 heavy (non-hydrogen) atoms. The van der Waals surface area contributed by atoms with E-state index in [1.165, 1.54) is 64.2 Å². The first-order chi connectivity index (χ1) is 15.2. The van der Waals surface area contributed by atoms with Crippen LogP contribution in [0.1, 0.15) is 112 Å². The van der Waals surface area contributed by atoms with Crippen molar-refractivity contribution in [3.05, 3.63) is 0 Å². The Morgan fingerprint density at radius 2 is 1.66 bits per heavy atom. The fourth-order valence-electron chi connectivity index (χ4n) is 9.57. The standard InChI is InChI=1S/C29H49BrO2/c1-19(2)7-6-8-20(3)24-11-12-25-23-10-9-21-17-22(32-27(31)18-30)13-15-28(21,4)26(23)14-16-29(24,25)5/h19-26H,6-18H2,1-5H3/t20-,21+,22?,23?,24?,25?,26?,28?,29?/m1/s1. The third-order valence-corrected chi connectivity index (χ3v) is 11.7. The van der Waals surface area contributed by atoms with Gasteiger partial charge in [0, 0.05) is 0 Å². The zero-order chi connectivity index (χ0) is 23.1. The van der Waals surface area contributed by atoms with Crippen LogP contribution in [0.15, 0.2) is 0 Å². The minimum atomic E-state index is -0.0831. The molecule has 9 atom stereocenters. The maximum atomic E-state index is 11.8. The molecule has 0 N–H and O–H groups in total. The number of carbonyl (C=O) groups is 1. The predicted octanol–water partition coefficient (Wildman–Crippen LogP) is 8.41. The summed E-state index contributed by atoms with van der Waals surface area (Å²) < 4.78 is 5.76. The lowest BCUT2D eigenvalue weighted by molar-refractivity contribution is -0.160. The van der Waals surface area contributed by atoms with E-state index in [4.69, 9.17) is 4.74 Å². The normalized spacial score (nSPS) is 44.5. The van der Waals surface area contributed by atoms with Gasteiger partial charge in [0.1, 0.15) is 11.4 Å². The van der Waals surface area contributed by atoms with E-state index >= 15 is 0 Å². The van der Waals surface area contributed by atoms with Crippen LogP contribution in [0.25, 0.3) is 0 Å². The zero-order valence-corrected chi connectivity index (χ0v) is 23.1. The second-order valence-electron chi connectivity index (χ2n) is 13.2. The predicted molar refractivity (Wildman–Crippen MR) is 137 cm³/mol. The summed E-state index contributed by atoms with van der Waals surface area (Å²) in [6.07, 6.45) is 16.5. The molecule has 0 spiro atoms. The van der Waals surface area contributed by atoms with Crippen molar-refractivity contribution in [1.29, 1.82) is 0 Å². The molecular weight excluding hydrogens is 460 g/mol. The summed E-state index contributed by atoms with van der Waals surface area (Å²) in [5, 5.41) is 0.327. The Morgan fingerprint density at radius 3 is 2.38 bits per heavy atom. The highest BCUT2D eigenvalue weighted by Gasteiger charge is 2.60. The van der Waals surface area contributed by atoms with Gasteiger partial charge in [-0.05, 0) is 110 Å². The maximum Gasteiger partial charge on any atom is 0.316 e. The molecule has 0 aromatic rings. The van der Waals surface area contributed by atoms with Crippen LogP contribution >= 0.6 is 15.9 Å². The summed E-state index contributed by atoms with van der Waals surface area (Å²) >= 11 is 3.26. The lowest BCUT2D eigenvalue weighted by Gasteiger charge is -2.61. The van der Waals surface area contributed by atoms with Gasteiger partial charge in [-0.25, -0.2) is 0 Å². The van der Waals surface area contributed by atoms with Gasteiger partial charge < -0.3 is 4.74 Å². The van der Waals surface area contributed by atoms with Crippen molar-refractivity contribution in [1.82, 2.24) is 0 Å². The molecule has 4 fully saturated rings. The summed E-state index contributed by atoms with van der Waals surface area (Å²) in [6, 6.07) is 0. The number of halogens is 1. The topological polar surface area (TPSA) is 26.3 Å². The SMILES string of the molecule is CC(C)CCC[C@@H](C)C1CCC2C3CC[C@H]4CC(OC(=O)CBr)CCC4(C)C3CCC21C. The fraction of sp³-hybridized carbons (Fsp3) is 0.966. The number of rotatable bonds is 7. The lowest BCUT2D eigenvalue weighted by atomic mass is 9.44. The van der Waals surface area contributed by atoms with Gasteiger partial charge in [-0.1, -0.05) is 69.8 Å². The van der Waals surface area contributed by atoms with Crippen molar-refractivity contribution < 1.29 is 9.53 Å². The summed E-state index contributed by atoms with van der Waals surface area (Å²) in [5.74, 6) is 6.17. The minimum absolute atomic E-state index is 0.0831. The first kappa shape index (κ1) is 25.1. The van der Waals surface area contributed by atoms with Crippen molar-refractivity contribution in [2.24, 2.45) is 52.3 Å². The molecule has 4 saturated carbocycles. The van der Waals surface area contributed by atoms with Crippen LogP contribution in [-0.4, -0.2) is 17.4 Å². The third kappa shape index (κ3) is 4.59. The van der Waals surface area contributed by atoms with Crippen molar-refractivity contribution in [2.75, 3.05) is 5.33 Å². The van der Waals surface area contributed by atoms with E-state index in [9.17, 15) is 4.79 Å². The maximum absolute atomic E-state index is 11.8. The smallest absolute Gasteiger partial charge is 0.316 e. The molecule has 184 valence electrons. The summed E-state index contributed by atoms with van der Waals surface area (Å²) in [4.78, 5) is 11.8. The first-order valence-electron chi connectivity index (χ1n) is 13.9. The second-order valence-corrected chi connectivity index (χ2v) is 13.8. The van der Waals surface area contributed by atoms with E-state index in [1.807, 2.05) is 0 Å². The van der Waals surface area contributed by atoms with E-state index in [0.717, 1.165) is 54.3 Å². The van der Waals surface area contributed by atoms with Gasteiger partial charge in [0.15, 0.2) is 0 Å². The number of hydrogen-bond donors (Lipinski definition) is 0. The average molecular weight is 510 g/mol. The minimum Gasteiger partial charge on any atom is -0.462 e. The molecule has 0 heterocycles. The van der Waals surface area contributed by atoms with Gasteiger partial charge in [0.25, 0.3) is 0 Å². The van der Waals surface area contributed by atoms with Crippen LogP contribution in [0, 0.1) is 52.3 Å². The molecule has 0 radical (unpaired) electrons. The van der Waals surface area contributed by atoms with Gasteiger partial charge in [-0.15, -0.1) is 0 Å². The molecule has 2 nitrogen and oxygen atoms in total. The average Bonchev–Trinajstić information content (AvgIpc) is 3.11. The first-order valence-corrected chi connectivity index (χ1v) is 15.1. The van der Waals surface area contributed by atoms with Crippen LogP contribution in [-0.2, 0) is 9.53 Å². The highest BCUT2D eigenvalue weighted by molar-refractivity contribution is 9.09. The number of alkyl halides is 1. The molecule has 0 aliphatic heterocycles. The highest BCUT2D eigenvalue weighted by atomic mass is 79.9. The van der Waals surface area contributed by atoms with Crippen molar-refractivity contribution >= 4 is 21.9 Å². The molecule has 7 unspecified atom stereocenters. The van der Waals surface area contributed by atoms with E-state index in [2.05, 4.69) is 50.5 Å². The number of fused-ring (bicyclic) bond motifs is 5. The molecule has 4 rings (SSSR count). The summed E-state index contributed by atoms with van der Waals surface area (Å²) in [7, 11) is 0. The molecule has 0 aromatic carbocycles. The molecule has 0 saturated heterocycles. The van der Waals surface area contributed by atoms with Gasteiger partial charge >= 0.3 is 5.97 Å². The number of esters is 1. The number of ether oxygens (including phenoxy) is 1. The van der Waals surface area contributed by atoms with Crippen LogP contribution in [0.2, 0.25) is 0 Å². The van der Waals surface area contributed by atoms with Gasteiger partial charge in [-0.3, -0.25) is 4.79 Å². The van der Waals surface area contributed by atoms with Crippen molar-refractivity contribution in [3.63, 3.8) is 0 Å². The number of carbonyl (C=O) groups excluding carboxylic acids is 1. The Bertz CT molecular complexity index is 662. The molecular formula is C29H49BrO2. The molecule has 0 bridgehead atoms. The third-order valence-electron chi connectivity index (χ3n) is 11.2. The molecule has 3 heteroatoms. The van der Waals surface area contributed by atoms with Gasteiger partial charge in [0.05, 0.1) is 0 Å². The van der Waals surface area contributed by atoms with E-state index in [0.29, 0.717) is 16.2 Å². The molecule has 4 aliphatic carbocycles. The Balaban J connectivity index is 1.42. The van der Waals surface area contributed by atoms with E-state index in [1.54, 1.807) is 0 Å². The van der Waals surface area contributed by atoms with Crippen LogP contribution in [0.4, 0.5) is 0 Å². The molecule has 0 aromatic heterocycles. The molecule has 4 aliphatic rings. The highest BCUT2D eigenvalue weighted by Crippen LogP contribution is 2.68. The lowest BCUT2D eigenvalue weighted by Crippen LogP contribution is -2.54. The summed E-state index contributed by atoms with van der Waals surface area (Å²) in [6.45, 7) is 12.7. The van der Waals surface area contributed by atoms with Gasteiger partial charge in [0.2, 0.25) is 0 Å². The zero-order valence-electron chi connectivity index (χ0n) is 21.5. The quantitative estimate of drug-likeness (QED) is 0.254. The summed E-state index contributed by atoms with van der Waals surface area (Å²) in [5.41, 5.74) is 1.06. The van der Waals surface area contributed by atoms with Crippen molar-refractivity contribution in [2.45, 2.75) is 118 Å². The molecule has 0 amide bonds. The second kappa shape index (κ2) is 9.90. The Labute approximate surface area is 206 Å². The van der Waals surface area contributed by atoms with Crippen LogP contribution in [0.3, 0.4) is 0 Å². The Hall–Kier alpha value is -0.0500. The monoisotopic (exact) mass is 508 g/mol. The van der Waals surface area contributed by atoms with E-state index in [-0.39, 0.29) is 12.1 Å². The largest absolute Gasteiger partial charge is 0.462 e. The number of hydrogen-bond acceptors (Lipinski definition) is 2. The Kier molecular flexibility index (Phi) is 7.75. The Morgan fingerprint density at radius 1 is 0.938 bits per heavy atom. The van der Waals surface area contributed by atoms with Crippen LogP contribution in [0.5, 0.6) is 0 Å². The fourth-order valence-corrected chi connectivity index (χ4v) is 9.70.